The van der Waals surface area contributed by atoms with Crippen LogP contribution in [0.5, 0.6) is 5.75 Å². The number of rotatable bonds is 11. The summed E-state index contributed by atoms with van der Waals surface area (Å²) in [4.78, 5) is 24.7. The van der Waals surface area contributed by atoms with Gasteiger partial charge < -0.3 is 14.8 Å². The average Bonchev–Trinajstić information content (AvgIpc) is 3.05. The van der Waals surface area contributed by atoms with Gasteiger partial charge in [0.25, 0.3) is 5.91 Å². The van der Waals surface area contributed by atoms with Crippen LogP contribution in [0, 0.1) is 0 Å². The molecular weight excluding hydrogens is 600 g/mol. The van der Waals surface area contributed by atoms with Gasteiger partial charge in [-0.2, -0.15) is 8.42 Å². The molecule has 2 amide bonds. The molecule has 1 aliphatic rings. The summed E-state index contributed by atoms with van der Waals surface area (Å²) in [5, 5.41) is 2.75. The van der Waals surface area contributed by atoms with Gasteiger partial charge in [-0.05, 0) is 62.9 Å². The number of anilines is 1. The van der Waals surface area contributed by atoms with Crippen LogP contribution in [0.15, 0.2) is 48.5 Å². The maximum atomic E-state index is 13.4. The third-order valence-corrected chi connectivity index (χ3v) is 9.57. The zero-order valence-corrected chi connectivity index (χ0v) is 29.3. The van der Waals surface area contributed by atoms with Crippen LogP contribution in [0.1, 0.15) is 38.3 Å². The van der Waals surface area contributed by atoms with Crippen LogP contribution in [0.2, 0.25) is 25.7 Å². The van der Waals surface area contributed by atoms with Crippen molar-refractivity contribution in [2.75, 3.05) is 23.9 Å². The van der Waals surface area contributed by atoms with Crippen LogP contribution in [-0.4, -0.2) is 58.0 Å². The summed E-state index contributed by atoms with van der Waals surface area (Å²) in [6.07, 6.45) is 0.820. The smallest absolute Gasteiger partial charge is 0.407 e. The number of benzene rings is 2. The molecule has 2 aromatic rings. The molecule has 1 saturated heterocycles. The molecule has 1 aliphatic heterocycles. The summed E-state index contributed by atoms with van der Waals surface area (Å²) in [7, 11) is -5.58. The second-order valence-electron chi connectivity index (χ2n) is 11.9. The Morgan fingerprint density at radius 2 is 1.73 bits per heavy atom. The van der Waals surface area contributed by atoms with Crippen molar-refractivity contribution in [3.8, 4) is 5.75 Å². The standard InChI is InChI=1S/C28H41N3O6SSi.Zn/c1-28(2,3)37-27(33)29-16-10-13-22-14-15-24(25(19-22)36-21-23-11-8-7-9-12-23)31-20-26(32)30(38(31,34)35)17-18-39(4,5)6;/h7-9,11-12,14-15,19H,10,13,16-18,20-21H2,1-6H3,(H,29,33);. The first-order chi connectivity index (χ1) is 18.2. The molecule has 0 atom stereocenters. The first-order valence-corrected chi connectivity index (χ1v) is 18.4. The number of alkyl carbamates (subject to hydrolysis) is 1. The predicted molar refractivity (Wildman–Crippen MR) is 156 cm³/mol. The van der Waals surface area contributed by atoms with Crippen LogP contribution in [0.25, 0.3) is 0 Å². The number of hydrogen-bond donors (Lipinski definition) is 1. The van der Waals surface area contributed by atoms with E-state index >= 15 is 0 Å². The van der Waals surface area contributed by atoms with Gasteiger partial charge in [0.05, 0.1) is 5.69 Å². The van der Waals surface area contributed by atoms with Crippen LogP contribution in [0.3, 0.4) is 0 Å². The first kappa shape index (κ1) is 33.8. The van der Waals surface area contributed by atoms with E-state index < -0.39 is 35.9 Å². The van der Waals surface area contributed by atoms with E-state index in [0.29, 0.717) is 36.9 Å². The van der Waals surface area contributed by atoms with Gasteiger partial charge in [-0.3, -0.25) is 4.79 Å². The van der Waals surface area contributed by atoms with E-state index in [1.165, 1.54) is 0 Å². The van der Waals surface area contributed by atoms with E-state index in [4.69, 9.17) is 9.47 Å². The molecule has 2 aromatic carbocycles. The zero-order chi connectivity index (χ0) is 28.8. The van der Waals surface area contributed by atoms with Gasteiger partial charge in [0.15, 0.2) is 0 Å². The molecule has 0 aromatic heterocycles. The number of amides is 2. The zero-order valence-electron chi connectivity index (χ0n) is 24.5. The van der Waals surface area contributed by atoms with E-state index in [0.717, 1.165) is 19.7 Å². The van der Waals surface area contributed by atoms with Crippen molar-refractivity contribution in [1.82, 2.24) is 9.62 Å². The second kappa shape index (κ2) is 14.0. The summed E-state index contributed by atoms with van der Waals surface area (Å²) in [5.74, 6) is -0.0422. The van der Waals surface area contributed by atoms with Gasteiger partial charge >= 0.3 is 16.3 Å². The van der Waals surface area contributed by atoms with E-state index in [-0.39, 0.29) is 39.2 Å². The topological polar surface area (TPSA) is 105 Å². The minimum Gasteiger partial charge on any atom is -0.487 e. The molecule has 0 aliphatic carbocycles. The molecule has 216 valence electrons. The molecule has 0 spiro atoms. The Morgan fingerprint density at radius 3 is 2.35 bits per heavy atom. The fourth-order valence-corrected chi connectivity index (χ4v) is 6.59. The minimum atomic E-state index is -4.02. The number of carbonyl (C=O) groups excluding carboxylic acids is 2. The van der Waals surface area contributed by atoms with Crippen molar-refractivity contribution in [3.05, 3.63) is 59.7 Å². The molecule has 40 heavy (non-hydrogen) atoms. The molecule has 0 radical (unpaired) electrons. The molecule has 9 nitrogen and oxygen atoms in total. The number of hydrogen-bond acceptors (Lipinski definition) is 6. The Morgan fingerprint density at radius 1 is 1.05 bits per heavy atom. The molecule has 1 heterocycles. The maximum absolute atomic E-state index is 13.4. The van der Waals surface area contributed by atoms with Crippen LogP contribution in [0.4, 0.5) is 10.5 Å². The third kappa shape index (κ3) is 9.89. The quantitative estimate of drug-likeness (QED) is 0.275. The fourth-order valence-electron chi connectivity index (χ4n) is 3.99. The van der Waals surface area contributed by atoms with Crippen molar-refractivity contribution in [3.63, 3.8) is 0 Å². The molecule has 0 saturated carbocycles. The first-order valence-electron chi connectivity index (χ1n) is 13.3. The van der Waals surface area contributed by atoms with Gasteiger partial charge in [0, 0.05) is 40.6 Å². The van der Waals surface area contributed by atoms with E-state index in [9.17, 15) is 18.0 Å². The summed E-state index contributed by atoms with van der Waals surface area (Å²) in [5.41, 5.74) is 1.64. The molecule has 12 heteroatoms. The summed E-state index contributed by atoms with van der Waals surface area (Å²) >= 11 is 0. The second-order valence-corrected chi connectivity index (χ2v) is 19.3. The van der Waals surface area contributed by atoms with Gasteiger partial charge in [0.2, 0.25) is 0 Å². The Hall–Kier alpha value is -2.43. The van der Waals surface area contributed by atoms with E-state index in [1.807, 2.05) is 63.2 Å². The van der Waals surface area contributed by atoms with Crippen molar-refractivity contribution in [2.45, 2.75) is 71.5 Å². The number of carbonyl (C=O) groups is 2. The van der Waals surface area contributed by atoms with E-state index in [2.05, 4.69) is 25.0 Å². The predicted octanol–water partition coefficient (Wildman–Crippen LogP) is 4.95. The van der Waals surface area contributed by atoms with Crippen molar-refractivity contribution >= 4 is 36.0 Å². The molecule has 3 rings (SSSR count). The summed E-state index contributed by atoms with van der Waals surface area (Å²) in [6, 6.07) is 15.6. The molecule has 1 fully saturated rings. The van der Waals surface area contributed by atoms with Crippen LogP contribution in [-0.2, 0) is 52.2 Å². The largest absolute Gasteiger partial charge is 0.487 e. The average molecular weight is 641 g/mol. The molecule has 1 N–H and O–H groups in total. The fraction of sp³-hybridized carbons (Fsp3) is 0.500. The number of nitrogens with zero attached hydrogens (tertiary/aromatic N) is 2. The molecule has 0 unspecified atom stereocenters. The number of nitrogens with one attached hydrogen (secondary N) is 1. The Labute approximate surface area is 252 Å². The summed E-state index contributed by atoms with van der Waals surface area (Å²) < 4.78 is 40.4. The van der Waals surface area contributed by atoms with Crippen molar-refractivity contribution < 1.29 is 47.0 Å². The van der Waals surface area contributed by atoms with Crippen molar-refractivity contribution in [2.24, 2.45) is 0 Å². The normalized spacial score (nSPS) is 15.0. The van der Waals surface area contributed by atoms with Gasteiger partial charge in [-0.25, -0.2) is 13.4 Å². The van der Waals surface area contributed by atoms with Crippen LogP contribution >= 0.6 is 0 Å². The third-order valence-electron chi connectivity index (χ3n) is 6.02. The Bertz CT molecular complexity index is 1260. The van der Waals surface area contributed by atoms with Crippen molar-refractivity contribution in [1.29, 1.82) is 0 Å². The van der Waals surface area contributed by atoms with Gasteiger partial charge in [-0.1, -0.05) is 56.0 Å². The minimum absolute atomic E-state index is 0. The Kier molecular flexibility index (Phi) is 11.8. The number of aryl methyl sites for hydroxylation is 1. The SMILES string of the molecule is CC(C)(C)OC(=O)NCCCc1ccc(N2CC(=O)N(CC[Si](C)(C)C)S2(=O)=O)c(OCc2ccccc2)c1.[Zn]. The summed E-state index contributed by atoms with van der Waals surface area (Å²) in [6.45, 7) is 12.5. The molecule has 0 bridgehead atoms. The maximum Gasteiger partial charge on any atom is 0.407 e. The van der Waals surface area contributed by atoms with Gasteiger partial charge in [-0.15, -0.1) is 0 Å². The monoisotopic (exact) mass is 639 g/mol. The Balaban J connectivity index is 0.00000560. The number of ether oxygens (including phenoxy) is 2. The van der Waals surface area contributed by atoms with Crippen LogP contribution < -0.4 is 14.4 Å². The van der Waals surface area contributed by atoms with Gasteiger partial charge in [0.1, 0.15) is 24.5 Å². The van der Waals surface area contributed by atoms with E-state index in [1.54, 1.807) is 6.07 Å². The molecular formula is C28H41N3O6SSiZn.